The molecule has 0 aliphatic heterocycles. The van der Waals surface area contributed by atoms with Gasteiger partial charge in [0.25, 0.3) is 0 Å². The van der Waals surface area contributed by atoms with E-state index in [0.29, 0.717) is 17.9 Å². The van der Waals surface area contributed by atoms with Gasteiger partial charge in [-0.15, -0.1) is 12.6 Å². The number of hydrogen-bond donors (Lipinski definition) is 2. The lowest BCUT2D eigenvalue weighted by atomic mass is 10.1. The topological polar surface area (TPSA) is 38.3 Å². The van der Waals surface area contributed by atoms with Crippen molar-refractivity contribution in [3.8, 4) is 5.75 Å². The molecule has 104 valence electrons. The number of benzene rings is 2. The van der Waals surface area contributed by atoms with Crippen LogP contribution in [-0.2, 0) is 11.2 Å². The molecule has 20 heavy (non-hydrogen) atoms. The third-order valence-electron chi connectivity index (χ3n) is 2.74. The zero-order chi connectivity index (χ0) is 14.5. The second-order valence-electron chi connectivity index (χ2n) is 4.24. The van der Waals surface area contributed by atoms with Crippen LogP contribution >= 0.6 is 28.6 Å². The number of methoxy groups -OCH3 is 1. The maximum atomic E-state index is 12.0. The van der Waals surface area contributed by atoms with E-state index in [4.69, 9.17) is 4.74 Å². The second-order valence-corrected chi connectivity index (χ2v) is 5.67. The summed E-state index contributed by atoms with van der Waals surface area (Å²) in [5.74, 6) is 0.542. The number of thiol groups is 1. The largest absolute Gasteiger partial charge is 0.495 e. The maximum absolute atomic E-state index is 12.0. The monoisotopic (exact) mass is 351 g/mol. The Morgan fingerprint density at radius 3 is 2.60 bits per heavy atom. The molecule has 0 atom stereocenters. The van der Waals surface area contributed by atoms with Gasteiger partial charge in [-0.1, -0.05) is 28.1 Å². The van der Waals surface area contributed by atoms with Gasteiger partial charge in [0.2, 0.25) is 5.91 Å². The highest BCUT2D eigenvalue weighted by Gasteiger charge is 2.09. The van der Waals surface area contributed by atoms with Crippen molar-refractivity contribution >= 4 is 40.2 Å². The van der Waals surface area contributed by atoms with Crippen LogP contribution in [-0.4, -0.2) is 13.0 Å². The van der Waals surface area contributed by atoms with Crippen molar-refractivity contribution in [1.82, 2.24) is 0 Å². The van der Waals surface area contributed by atoms with Crippen molar-refractivity contribution in [1.29, 1.82) is 0 Å². The van der Waals surface area contributed by atoms with Crippen LogP contribution in [0.2, 0.25) is 0 Å². The van der Waals surface area contributed by atoms with E-state index in [0.717, 1.165) is 14.9 Å². The lowest BCUT2D eigenvalue weighted by Crippen LogP contribution is -2.15. The molecule has 0 fully saturated rings. The molecule has 1 N–H and O–H groups in total. The Morgan fingerprint density at radius 2 is 1.95 bits per heavy atom. The first kappa shape index (κ1) is 14.9. The summed E-state index contributed by atoms with van der Waals surface area (Å²) in [7, 11) is 1.57. The third-order valence-corrected chi connectivity index (χ3v) is 3.53. The number of rotatable bonds is 4. The molecule has 0 radical (unpaired) electrons. The van der Waals surface area contributed by atoms with E-state index >= 15 is 0 Å². The Bertz CT molecular complexity index is 614. The molecule has 0 unspecified atom stereocenters. The minimum Gasteiger partial charge on any atom is -0.495 e. The first-order valence-corrected chi connectivity index (χ1v) is 7.24. The minimum atomic E-state index is -0.0895. The van der Waals surface area contributed by atoms with Gasteiger partial charge in [0.1, 0.15) is 5.75 Å². The number of amides is 1. The molecule has 2 aromatic carbocycles. The molecule has 5 heteroatoms. The van der Waals surface area contributed by atoms with Crippen molar-refractivity contribution in [3.63, 3.8) is 0 Å². The summed E-state index contributed by atoms with van der Waals surface area (Å²) in [5.41, 5.74) is 1.59. The van der Waals surface area contributed by atoms with Crippen LogP contribution in [0.4, 0.5) is 5.69 Å². The Kier molecular flexibility index (Phi) is 5.09. The van der Waals surface area contributed by atoms with Crippen molar-refractivity contribution in [3.05, 3.63) is 52.5 Å². The summed E-state index contributed by atoms with van der Waals surface area (Å²) in [6.45, 7) is 0. The van der Waals surface area contributed by atoms with Gasteiger partial charge in [-0.2, -0.15) is 0 Å². The van der Waals surface area contributed by atoms with E-state index in [2.05, 4.69) is 33.9 Å². The van der Waals surface area contributed by atoms with Crippen LogP contribution < -0.4 is 10.1 Å². The fourth-order valence-corrected chi connectivity index (χ4v) is 2.28. The molecule has 0 aliphatic carbocycles. The number of anilines is 1. The summed E-state index contributed by atoms with van der Waals surface area (Å²) in [5, 5.41) is 2.85. The normalized spacial score (nSPS) is 10.2. The molecule has 0 aromatic heterocycles. The van der Waals surface area contributed by atoms with Crippen LogP contribution in [0.25, 0.3) is 0 Å². The van der Waals surface area contributed by atoms with Crippen LogP contribution in [0.1, 0.15) is 5.56 Å². The predicted octanol–water partition coefficient (Wildman–Crippen LogP) is 3.93. The summed E-state index contributed by atoms with van der Waals surface area (Å²) < 4.78 is 6.10. The zero-order valence-electron chi connectivity index (χ0n) is 10.9. The van der Waals surface area contributed by atoms with Crippen LogP contribution in [0, 0.1) is 0 Å². The zero-order valence-corrected chi connectivity index (χ0v) is 13.4. The lowest BCUT2D eigenvalue weighted by Gasteiger charge is -2.10. The standard InChI is InChI=1S/C15H14BrNO2S/c1-19-14-7-4-11(16)9-13(14)17-15(18)8-10-2-5-12(20)6-3-10/h2-7,9,20H,8H2,1H3,(H,17,18). The van der Waals surface area contributed by atoms with Gasteiger partial charge in [0.05, 0.1) is 19.2 Å². The van der Waals surface area contributed by atoms with E-state index in [1.165, 1.54) is 0 Å². The van der Waals surface area contributed by atoms with E-state index in [9.17, 15) is 4.79 Å². The van der Waals surface area contributed by atoms with Gasteiger partial charge in [-0.05, 0) is 35.9 Å². The molecule has 0 heterocycles. The van der Waals surface area contributed by atoms with E-state index < -0.39 is 0 Å². The van der Waals surface area contributed by atoms with Crippen LogP contribution in [0.5, 0.6) is 5.75 Å². The first-order chi connectivity index (χ1) is 9.58. The number of halogens is 1. The molecule has 0 saturated carbocycles. The third kappa shape index (κ3) is 4.02. The second kappa shape index (κ2) is 6.81. The molecule has 3 nitrogen and oxygen atoms in total. The first-order valence-electron chi connectivity index (χ1n) is 6.00. The quantitative estimate of drug-likeness (QED) is 0.819. The number of nitrogens with one attached hydrogen (secondary N) is 1. The highest BCUT2D eigenvalue weighted by atomic mass is 79.9. The van der Waals surface area contributed by atoms with Crippen molar-refractivity contribution in [2.24, 2.45) is 0 Å². The van der Waals surface area contributed by atoms with Crippen LogP contribution in [0.3, 0.4) is 0 Å². The summed E-state index contributed by atoms with van der Waals surface area (Å²) in [4.78, 5) is 12.9. The Hall–Kier alpha value is -1.46. The van der Waals surface area contributed by atoms with Gasteiger partial charge in [0, 0.05) is 9.37 Å². The number of carbonyl (C=O) groups excluding carboxylic acids is 1. The smallest absolute Gasteiger partial charge is 0.228 e. The predicted molar refractivity (Wildman–Crippen MR) is 86.7 cm³/mol. The fraction of sp³-hybridized carbons (Fsp3) is 0.133. The van der Waals surface area contributed by atoms with Gasteiger partial charge < -0.3 is 10.1 Å². The molecule has 1 amide bonds. The Labute approximate surface area is 131 Å². The Balaban J connectivity index is 2.08. The van der Waals surface area contributed by atoms with Gasteiger partial charge >= 0.3 is 0 Å². The van der Waals surface area contributed by atoms with Gasteiger partial charge in [-0.25, -0.2) is 0 Å². The summed E-state index contributed by atoms with van der Waals surface area (Å²) in [6, 6.07) is 13.0. The average molecular weight is 352 g/mol. The molecular weight excluding hydrogens is 338 g/mol. The fourth-order valence-electron chi connectivity index (χ4n) is 1.77. The average Bonchev–Trinajstić information content (AvgIpc) is 2.41. The molecule has 2 rings (SSSR count). The molecule has 0 aliphatic rings. The lowest BCUT2D eigenvalue weighted by molar-refractivity contribution is -0.115. The molecule has 0 spiro atoms. The van der Waals surface area contributed by atoms with Gasteiger partial charge in [0.15, 0.2) is 0 Å². The number of hydrogen-bond acceptors (Lipinski definition) is 3. The molecule has 0 bridgehead atoms. The SMILES string of the molecule is COc1ccc(Br)cc1NC(=O)Cc1ccc(S)cc1. The van der Waals surface area contributed by atoms with Crippen molar-refractivity contribution in [2.75, 3.05) is 12.4 Å². The van der Waals surface area contributed by atoms with E-state index in [-0.39, 0.29) is 5.91 Å². The van der Waals surface area contributed by atoms with E-state index in [1.54, 1.807) is 13.2 Å². The van der Waals surface area contributed by atoms with Gasteiger partial charge in [-0.3, -0.25) is 4.79 Å². The summed E-state index contributed by atoms with van der Waals surface area (Å²) >= 11 is 7.59. The number of ether oxygens (including phenoxy) is 1. The minimum absolute atomic E-state index is 0.0895. The van der Waals surface area contributed by atoms with E-state index in [1.807, 2.05) is 36.4 Å². The Morgan fingerprint density at radius 1 is 1.25 bits per heavy atom. The highest BCUT2D eigenvalue weighted by molar-refractivity contribution is 9.10. The van der Waals surface area contributed by atoms with Crippen LogP contribution in [0.15, 0.2) is 51.8 Å². The molecule has 0 saturated heterocycles. The summed E-state index contributed by atoms with van der Waals surface area (Å²) in [6.07, 6.45) is 0.309. The number of carbonyl (C=O) groups is 1. The molecule has 2 aromatic rings. The van der Waals surface area contributed by atoms with Crippen molar-refractivity contribution < 1.29 is 9.53 Å². The molecular formula is C15H14BrNO2S. The van der Waals surface area contributed by atoms with Crippen molar-refractivity contribution in [2.45, 2.75) is 11.3 Å². The highest BCUT2D eigenvalue weighted by Crippen LogP contribution is 2.28. The maximum Gasteiger partial charge on any atom is 0.228 e.